The van der Waals surface area contributed by atoms with E-state index in [-0.39, 0.29) is 6.04 Å². The number of hydrogen-bond donors (Lipinski definition) is 1. The monoisotopic (exact) mass is 236 g/mol. The van der Waals surface area contributed by atoms with E-state index >= 15 is 0 Å². The normalized spacial score (nSPS) is 14.8. The molecule has 0 amide bonds. The molecule has 3 heteroatoms. The maximum Gasteiger partial charge on any atom is 0.123 e. The molecule has 0 aliphatic carbocycles. The fourth-order valence-electron chi connectivity index (χ4n) is 2.31. The van der Waals surface area contributed by atoms with Crippen molar-refractivity contribution < 1.29 is 4.74 Å². The van der Waals surface area contributed by atoms with Crippen LogP contribution in [0.3, 0.4) is 0 Å². The second-order valence-corrected chi connectivity index (χ2v) is 4.87. The van der Waals surface area contributed by atoms with Crippen molar-refractivity contribution >= 4 is 0 Å². The lowest BCUT2D eigenvalue weighted by Gasteiger charge is -2.31. The second kappa shape index (κ2) is 6.03. The van der Waals surface area contributed by atoms with Crippen LogP contribution in [0.1, 0.15) is 24.1 Å². The first-order chi connectivity index (χ1) is 8.01. The van der Waals surface area contributed by atoms with Crippen LogP contribution in [-0.2, 0) is 0 Å². The lowest BCUT2D eigenvalue weighted by molar-refractivity contribution is 0.221. The molecule has 0 heterocycles. The summed E-state index contributed by atoms with van der Waals surface area (Å²) in [6.45, 7) is 4.94. The summed E-state index contributed by atoms with van der Waals surface area (Å²) in [5.74, 6) is 1.33. The van der Waals surface area contributed by atoms with Gasteiger partial charge in [-0.2, -0.15) is 0 Å². The minimum absolute atomic E-state index is 0.287. The van der Waals surface area contributed by atoms with E-state index in [2.05, 4.69) is 45.0 Å². The average molecular weight is 236 g/mol. The van der Waals surface area contributed by atoms with E-state index in [1.165, 1.54) is 11.1 Å². The van der Waals surface area contributed by atoms with Crippen molar-refractivity contribution in [1.29, 1.82) is 0 Å². The molecule has 1 aromatic rings. The van der Waals surface area contributed by atoms with Crippen LogP contribution in [0.4, 0.5) is 0 Å². The Morgan fingerprint density at radius 3 is 2.47 bits per heavy atom. The van der Waals surface area contributed by atoms with Gasteiger partial charge in [-0.1, -0.05) is 24.6 Å². The molecular weight excluding hydrogens is 212 g/mol. The zero-order chi connectivity index (χ0) is 13.0. The first-order valence-electron chi connectivity index (χ1n) is 6.02. The standard InChI is InChI=1S/C14H24N2O/c1-10-6-7-13(17-5)12(8-10)14(16(3)4)11(2)9-15/h6-8,11,14H,9,15H2,1-5H3. The predicted molar refractivity (Wildman–Crippen MR) is 72.4 cm³/mol. The summed E-state index contributed by atoms with van der Waals surface area (Å²) >= 11 is 0. The smallest absolute Gasteiger partial charge is 0.123 e. The van der Waals surface area contributed by atoms with Gasteiger partial charge in [0.1, 0.15) is 5.75 Å². The Balaban J connectivity index is 3.21. The number of methoxy groups -OCH3 is 1. The van der Waals surface area contributed by atoms with Crippen LogP contribution in [0, 0.1) is 12.8 Å². The van der Waals surface area contributed by atoms with Gasteiger partial charge >= 0.3 is 0 Å². The molecular formula is C14H24N2O. The Kier molecular flexibility index (Phi) is 4.97. The number of nitrogens with zero attached hydrogens (tertiary/aromatic N) is 1. The van der Waals surface area contributed by atoms with Crippen LogP contribution < -0.4 is 10.5 Å². The van der Waals surface area contributed by atoms with Crippen LogP contribution in [-0.4, -0.2) is 32.6 Å². The Morgan fingerprint density at radius 2 is 2.00 bits per heavy atom. The van der Waals surface area contributed by atoms with Crippen LogP contribution in [0.2, 0.25) is 0 Å². The van der Waals surface area contributed by atoms with Crippen molar-refractivity contribution in [3.63, 3.8) is 0 Å². The highest BCUT2D eigenvalue weighted by atomic mass is 16.5. The molecule has 17 heavy (non-hydrogen) atoms. The van der Waals surface area contributed by atoms with Crippen molar-refractivity contribution in [2.24, 2.45) is 11.7 Å². The SMILES string of the molecule is COc1ccc(C)cc1C(C(C)CN)N(C)C. The minimum atomic E-state index is 0.287. The first-order valence-corrected chi connectivity index (χ1v) is 6.02. The van der Waals surface area contributed by atoms with Gasteiger partial charge in [0.05, 0.1) is 7.11 Å². The summed E-state index contributed by atoms with van der Waals surface area (Å²) < 4.78 is 5.46. The maximum atomic E-state index is 5.81. The fourth-order valence-corrected chi connectivity index (χ4v) is 2.31. The minimum Gasteiger partial charge on any atom is -0.496 e. The van der Waals surface area contributed by atoms with E-state index in [1.807, 2.05) is 6.07 Å². The Bertz CT molecular complexity index is 363. The molecule has 0 saturated carbocycles. The van der Waals surface area contributed by atoms with Gasteiger partial charge in [0.25, 0.3) is 0 Å². The van der Waals surface area contributed by atoms with Crippen LogP contribution in [0.5, 0.6) is 5.75 Å². The van der Waals surface area contributed by atoms with E-state index in [9.17, 15) is 0 Å². The van der Waals surface area contributed by atoms with E-state index in [0.29, 0.717) is 12.5 Å². The number of benzene rings is 1. The van der Waals surface area contributed by atoms with Gasteiger partial charge in [-0.05, 0) is 39.5 Å². The van der Waals surface area contributed by atoms with Crippen LogP contribution >= 0.6 is 0 Å². The number of nitrogens with two attached hydrogens (primary N) is 1. The topological polar surface area (TPSA) is 38.5 Å². The number of aryl methyl sites for hydroxylation is 1. The molecule has 2 N–H and O–H groups in total. The number of hydrogen-bond acceptors (Lipinski definition) is 3. The molecule has 96 valence electrons. The summed E-state index contributed by atoms with van der Waals surface area (Å²) in [4.78, 5) is 2.20. The van der Waals surface area contributed by atoms with Gasteiger partial charge in [0.15, 0.2) is 0 Å². The molecule has 0 aliphatic heterocycles. The summed E-state index contributed by atoms with van der Waals surface area (Å²) in [5, 5.41) is 0. The Labute approximate surface area is 105 Å². The molecule has 2 unspecified atom stereocenters. The summed E-state index contributed by atoms with van der Waals surface area (Å²) in [7, 11) is 5.88. The lowest BCUT2D eigenvalue weighted by Crippen LogP contribution is -2.30. The molecule has 2 atom stereocenters. The van der Waals surface area contributed by atoms with Crippen molar-refractivity contribution in [2.75, 3.05) is 27.7 Å². The zero-order valence-electron chi connectivity index (χ0n) is 11.5. The third-order valence-corrected chi connectivity index (χ3v) is 3.17. The zero-order valence-corrected chi connectivity index (χ0v) is 11.5. The highest BCUT2D eigenvalue weighted by Gasteiger charge is 2.23. The van der Waals surface area contributed by atoms with Crippen molar-refractivity contribution in [1.82, 2.24) is 4.90 Å². The molecule has 0 aromatic heterocycles. The van der Waals surface area contributed by atoms with Gasteiger partial charge in [0.2, 0.25) is 0 Å². The van der Waals surface area contributed by atoms with Crippen molar-refractivity contribution in [3.8, 4) is 5.75 Å². The maximum absolute atomic E-state index is 5.81. The van der Waals surface area contributed by atoms with E-state index in [0.717, 1.165) is 5.75 Å². The van der Waals surface area contributed by atoms with E-state index in [1.54, 1.807) is 7.11 Å². The molecule has 1 aromatic carbocycles. The molecule has 0 fully saturated rings. The largest absolute Gasteiger partial charge is 0.496 e. The van der Waals surface area contributed by atoms with Gasteiger partial charge in [-0.3, -0.25) is 0 Å². The Morgan fingerprint density at radius 1 is 1.35 bits per heavy atom. The molecule has 0 aliphatic rings. The predicted octanol–water partition coefficient (Wildman–Crippen LogP) is 2.20. The fraction of sp³-hybridized carbons (Fsp3) is 0.571. The Hall–Kier alpha value is -1.06. The van der Waals surface area contributed by atoms with Crippen LogP contribution in [0.25, 0.3) is 0 Å². The van der Waals surface area contributed by atoms with Crippen molar-refractivity contribution in [2.45, 2.75) is 19.9 Å². The summed E-state index contributed by atoms with van der Waals surface area (Å²) in [6.07, 6.45) is 0. The average Bonchev–Trinajstić information content (AvgIpc) is 2.29. The van der Waals surface area contributed by atoms with Crippen molar-refractivity contribution in [3.05, 3.63) is 29.3 Å². The third kappa shape index (κ3) is 3.20. The van der Waals surface area contributed by atoms with E-state index < -0.39 is 0 Å². The quantitative estimate of drug-likeness (QED) is 0.852. The highest BCUT2D eigenvalue weighted by Crippen LogP contribution is 2.33. The van der Waals surface area contributed by atoms with Gasteiger partial charge < -0.3 is 15.4 Å². The third-order valence-electron chi connectivity index (χ3n) is 3.17. The molecule has 0 radical (unpaired) electrons. The molecule has 0 bridgehead atoms. The van der Waals surface area contributed by atoms with Crippen LogP contribution in [0.15, 0.2) is 18.2 Å². The number of ether oxygens (including phenoxy) is 1. The summed E-state index contributed by atoms with van der Waals surface area (Å²) in [6, 6.07) is 6.58. The summed E-state index contributed by atoms with van der Waals surface area (Å²) in [5.41, 5.74) is 8.28. The molecule has 1 rings (SSSR count). The highest BCUT2D eigenvalue weighted by molar-refractivity contribution is 5.39. The van der Waals surface area contributed by atoms with Gasteiger partial charge in [-0.15, -0.1) is 0 Å². The molecule has 0 saturated heterocycles. The van der Waals surface area contributed by atoms with E-state index in [4.69, 9.17) is 10.5 Å². The van der Waals surface area contributed by atoms with Gasteiger partial charge in [0, 0.05) is 11.6 Å². The number of rotatable bonds is 5. The van der Waals surface area contributed by atoms with Gasteiger partial charge in [-0.25, -0.2) is 0 Å². The molecule has 3 nitrogen and oxygen atoms in total. The lowest BCUT2D eigenvalue weighted by atomic mass is 9.92. The first kappa shape index (κ1) is 14.0. The molecule has 0 spiro atoms. The second-order valence-electron chi connectivity index (χ2n) is 4.87.